The van der Waals surface area contributed by atoms with Gasteiger partial charge in [0.25, 0.3) is 0 Å². The molecule has 0 unspecified atom stereocenters. The van der Waals surface area contributed by atoms with Gasteiger partial charge >= 0.3 is 0 Å². The second kappa shape index (κ2) is 5.36. The number of nitrogens with one attached hydrogen (secondary N) is 1. The maximum Gasteiger partial charge on any atom is 0.137 e. The van der Waals surface area contributed by atoms with Crippen LogP contribution in [0.25, 0.3) is 0 Å². The van der Waals surface area contributed by atoms with Crippen molar-refractivity contribution >= 4 is 11.6 Å². The van der Waals surface area contributed by atoms with Gasteiger partial charge in [0.1, 0.15) is 30.3 Å². The second-order valence-electron chi connectivity index (χ2n) is 4.80. The van der Waals surface area contributed by atoms with Crippen molar-refractivity contribution < 1.29 is 4.74 Å². The zero-order valence-electron chi connectivity index (χ0n) is 11.8. The van der Waals surface area contributed by atoms with E-state index < -0.39 is 0 Å². The van der Waals surface area contributed by atoms with Gasteiger partial charge < -0.3 is 15.0 Å². The van der Waals surface area contributed by atoms with Crippen LogP contribution in [0.4, 0.5) is 11.6 Å². The van der Waals surface area contributed by atoms with E-state index in [0.717, 1.165) is 36.0 Å². The van der Waals surface area contributed by atoms with Crippen molar-refractivity contribution in [1.82, 2.24) is 9.97 Å². The normalized spacial score (nSPS) is 14.2. The quantitative estimate of drug-likeness (QED) is 0.907. The molecular formula is C15H18N4O. The SMILES string of the molecule is CNc1ncnc(N2CCOc3ccccc3C2)c1C. The van der Waals surface area contributed by atoms with Crippen LogP contribution in [0.1, 0.15) is 11.1 Å². The third kappa shape index (κ3) is 2.27. The molecule has 0 fully saturated rings. The minimum Gasteiger partial charge on any atom is -0.491 e. The zero-order chi connectivity index (χ0) is 13.9. The Morgan fingerprint density at radius 2 is 2.10 bits per heavy atom. The van der Waals surface area contributed by atoms with Crippen molar-refractivity contribution in [1.29, 1.82) is 0 Å². The van der Waals surface area contributed by atoms with E-state index in [-0.39, 0.29) is 0 Å². The average Bonchev–Trinajstić information content (AvgIpc) is 2.69. The maximum absolute atomic E-state index is 5.80. The summed E-state index contributed by atoms with van der Waals surface area (Å²) < 4.78 is 5.80. The summed E-state index contributed by atoms with van der Waals surface area (Å²) >= 11 is 0. The van der Waals surface area contributed by atoms with Crippen LogP contribution in [0.2, 0.25) is 0 Å². The Morgan fingerprint density at radius 1 is 1.25 bits per heavy atom. The van der Waals surface area contributed by atoms with Crippen molar-refractivity contribution in [2.24, 2.45) is 0 Å². The molecule has 3 rings (SSSR count). The molecule has 0 saturated carbocycles. The Bertz CT molecular complexity index is 615. The van der Waals surface area contributed by atoms with Gasteiger partial charge in [0, 0.05) is 24.7 Å². The molecule has 1 aliphatic rings. The highest BCUT2D eigenvalue weighted by atomic mass is 16.5. The van der Waals surface area contributed by atoms with Crippen molar-refractivity contribution in [3.05, 3.63) is 41.7 Å². The first kappa shape index (κ1) is 12.7. The summed E-state index contributed by atoms with van der Waals surface area (Å²) in [4.78, 5) is 10.9. The highest BCUT2D eigenvalue weighted by Crippen LogP contribution is 2.28. The Morgan fingerprint density at radius 3 is 2.95 bits per heavy atom. The molecule has 0 bridgehead atoms. The van der Waals surface area contributed by atoms with Crippen LogP contribution in [-0.2, 0) is 6.54 Å². The Hall–Kier alpha value is -2.30. The van der Waals surface area contributed by atoms with Crippen molar-refractivity contribution in [2.75, 3.05) is 30.4 Å². The molecule has 0 spiro atoms. The lowest BCUT2D eigenvalue weighted by molar-refractivity contribution is 0.331. The summed E-state index contributed by atoms with van der Waals surface area (Å²) in [5.41, 5.74) is 2.25. The summed E-state index contributed by atoms with van der Waals surface area (Å²) in [6.45, 7) is 4.32. The number of hydrogen-bond acceptors (Lipinski definition) is 5. The molecule has 104 valence electrons. The van der Waals surface area contributed by atoms with Crippen molar-refractivity contribution in [3.63, 3.8) is 0 Å². The lowest BCUT2D eigenvalue weighted by Crippen LogP contribution is -2.27. The molecule has 20 heavy (non-hydrogen) atoms. The summed E-state index contributed by atoms with van der Waals surface area (Å²) in [5.74, 6) is 2.80. The van der Waals surface area contributed by atoms with Gasteiger partial charge in [0.15, 0.2) is 0 Å². The molecule has 5 nitrogen and oxygen atoms in total. The molecule has 2 aromatic rings. The molecule has 0 saturated heterocycles. The third-order valence-electron chi connectivity index (χ3n) is 3.55. The standard InChI is InChI=1S/C15H18N4O/c1-11-14(16-2)17-10-18-15(11)19-7-8-20-13-6-4-3-5-12(13)9-19/h3-6,10H,7-9H2,1-2H3,(H,16,17,18). The number of nitrogens with zero attached hydrogens (tertiary/aromatic N) is 3. The van der Waals surface area contributed by atoms with E-state index >= 15 is 0 Å². The number of rotatable bonds is 2. The van der Waals surface area contributed by atoms with Crippen LogP contribution in [-0.4, -0.2) is 30.2 Å². The Labute approximate surface area is 118 Å². The monoisotopic (exact) mass is 270 g/mol. The molecule has 2 heterocycles. The fourth-order valence-electron chi connectivity index (χ4n) is 2.52. The second-order valence-corrected chi connectivity index (χ2v) is 4.80. The molecular weight excluding hydrogens is 252 g/mol. The molecule has 5 heteroatoms. The van der Waals surface area contributed by atoms with Gasteiger partial charge in [-0.3, -0.25) is 0 Å². The van der Waals surface area contributed by atoms with Crippen LogP contribution in [0.5, 0.6) is 5.75 Å². The van der Waals surface area contributed by atoms with Crippen molar-refractivity contribution in [3.8, 4) is 5.75 Å². The summed E-state index contributed by atoms with van der Waals surface area (Å²) in [6, 6.07) is 8.16. The van der Waals surface area contributed by atoms with E-state index in [9.17, 15) is 0 Å². The van der Waals surface area contributed by atoms with Crippen LogP contribution in [0, 0.1) is 6.92 Å². The lowest BCUT2D eigenvalue weighted by atomic mass is 10.2. The average molecular weight is 270 g/mol. The number of para-hydroxylation sites is 1. The van der Waals surface area contributed by atoms with Crippen LogP contribution in [0.15, 0.2) is 30.6 Å². The fourth-order valence-corrected chi connectivity index (χ4v) is 2.52. The van der Waals surface area contributed by atoms with E-state index in [2.05, 4.69) is 26.3 Å². The fraction of sp³-hybridized carbons (Fsp3) is 0.333. The first-order valence-electron chi connectivity index (χ1n) is 6.74. The number of aromatic nitrogens is 2. The van der Waals surface area contributed by atoms with E-state index in [1.807, 2.05) is 32.2 Å². The van der Waals surface area contributed by atoms with E-state index in [1.54, 1.807) is 6.33 Å². The highest BCUT2D eigenvalue weighted by molar-refractivity contribution is 5.58. The molecule has 0 atom stereocenters. The lowest BCUT2D eigenvalue weighted by Gasteiger charge is -2.23. The van der Waals surface area contributed by atoms with E-state index in [1.165, 1.54) is 5.56 Å². The van der Waals surface area contributed by atoms with Crippen LogP contribution >= 0.6 is 0 Å². The Balaban J connectivity index is 1.95. The molecule has 0 aliphatic carbocycles. The smallest absolute Gasteiger partial charge is 0.137 e. The third-order valence-corrected chi connectivity index (χ3v) is 3.55. The first-order valence-corrected chi connectivity index (χ1v) is 6.74. The molecule has 1 aliphatic heterocycles. The zero-order valence-corrected chi connectivity index (χ0v) is 11.8. The predicted molar refractivity (Wildman–Crippen MR) is 79.3 cm³/mol. The molecule has 1 aromatic carbocycles. The number of benzene rings is 1. The van der Waals surface area contributed by atoms with Gasteiger partial charge in [-0.15, -0.1) is 0 Å². The van der Waals surface area contributed by atoms with Gasteiger partial charge in [-0.05, 0) is 13.0 Å². The topological polar surface area (TPSA) is 50.3 Å². The highest BCUT2D eigenvalue weighted by Gasteiger charge is 2.19. The Kier molecular flexibility index (Phi) is 3.41. The molecule has 1 aromatic heterocycles. The van der Waals surface area contributed by atoms with Gasteiger partial charge in [-0.1, -0.05) is 18.2 Å². The summed E-state index contributed by atoms with van der Waals surface area (Å²) in [5, 5.41) is 3.10. The maximum atomic E-state index is 5.80. The van der Waals surface area contributed by atoms with Crippen LogP contribution < -0.4 is 15.0 Å². The molecule has 0 amide bonds. The van der Waals surface area contributed by atoms with Gasteiger partial charge in [0.2, 0.25) is 0 Å². The molecule has 0 radical (unpaired) electrons. The minimum atomic E-state index is 0.662. The molecule has 1 N–H and O–H groups in total. The minimum absolute atomic E-state index is 0.662. The van der Waals surface area contributed by atoms with Crippen molar-refractivity contribution in [2.45, 2.75) is 13.5 Å². The predicted octanol–water partition coefficient (Wildman–Crippen LogP) is 2.23. The number of fused-ring (bicyclic) bond motifs is 1. The number of anilines is 2. The number of hydrogen-bond donors (Lipinski definition) is 1. The van der Waals surface area contributed by atoms with Crippen LogP contribution in [0.3, 0.4) is 0 Å². The van der Waals surface area contributed by atoms with E-state index in [0.29, 0.717) is 6.61 Å². The van der Waals surface area contributed by atoms with Gasteiger partial charge in [-0.25, -0.2) is 9.97 Å². The summed E-state index contributed by atoms with van der Waals surface area (Å²) in [7, 11) is 1.87. The summed E-state index contributed by atoms with van der Waals surface area (Å²) in [6.07, 6.45) is 1.60. The number of ether oxygens (including phenoxy) is 1. The van der Waals surface area contributed by atoms with Gasteiger partial charge in [-0.2, -0.15) is 0 Å². The van der Waals surface area contributed by atoms with Gasteiger partial charge in [0.05, 0.1) is 6.54 Å². The largest absolute Gasteiger partial charge is 0.491 e. The van der Waals surface area contributed by atoms with E-state index in [4.69, 9.17) is 4.74 Å². The first-order chi connectivity index (χ1) is 9.79.